The Balaban J connectivity index is 1.24. The molecule has 166 valence electrons. The molecule has 2 heterocycles. The number of aryl methyl sites for hydroxylation is 2. The van der Waals surface area contributed by atoms with Gasteiger partial charge in [-0.2, -0.15) is 4.31 Å². The highest BCUT2D eigenvalue weighted by molar-refractivity contribution is 7.89. The largest absolute Gasteiger partial charge is 0.487 e. The number of pyridine rings is 1. The molecule has 2 aliphatic rings. The fourth-order valence-corrected chi connectivity index (χ4v) is 5.71. The van der Waals surface area contributed by atoms with Crippen LogP contribution in [0.15, 0.2) is 70.4 Å². The zero-order valence-corrected chi connectivity index (χ0v) is 19.0. The minimum absolute atomic E-state index is 0.0556. The van der Waals surface area contributed by atoms with Crippen LogP contribution in [0.3, 0.4) is 0 Å². The molecule has 7 heteroatoms. The molecule has 6 nitrogen and oxygen atoms in total. The van der Waals surface area contributed by atoms with E-state index < -0.39 is 10.0 Å². The van der Waals surface area contributed by atoms with E-state index in [1.54, 1.807) is 12.1 Å². The molecule has 1 saturated carbocycles. The van der Waals surface area contributed by atoms with Crippen molar-refractivity contribution in [3.8, 4) is 16.9 Å². The van der Waals surface area contributed by atoms with Gasteiger partial charge in [-0.05, 0) is 56.0 Å². The lowest BCUT2D eigenvalue weighted by molar-refractivity contribution is 0.0758. The van der Waals surface area contributed by atoms with Gasteiger partial charge in [0.1, 0.15) is 11.9 Å². The van der Waals surface area contributed by atoms with Gasteiger partial charge in [-0.1, -0.05) is 42.0 Å². The Morgan fingerprint density at radius 1 is 0.906 bits per heavy atom. The molecule has 0 N–H and O–H groups in total. The lowest BCUT2D eigenvalue weighted by Crippen LogP contribution is -2.56. The van der Waals surface area contributed by atoms with Gasteiger partial charge in [0, 0.05) is 17.8 Å². The van der Waals surface area contributed by atoms with Crippen LogP contribution < -0.4 is 10.3 Å². The van der Waals surface area contributed by atoms with Crippen LogP contribution in [-0.2, 0) is 10.0 Å². The molecule has 0 amide bonds. The van der Waals surface area contributed by atoms with Gasteiger partial charge in [0.05, 0.1) is 18.0 Å². The molecule has 0 unspecified atom stereocenters. The molecule has 1 aliphatic carbocycles. The van der Waals surface area contributed by atoms with E-state index >= 15 is 0 Å². The minimum Gasteiger partial charge on any atom is -0.487 e. The SMILES string of the molecule is Cc1cccc(-c2ccc(S(=O)(=O)N3CC(Oc4cc(C)n(C5CC5)c(=O)c4)C3)cc2)c1. The maximum Gasteiger partial charge on any atom is 0.254 e. The van der Waals surface area contributed by atoms with E-state index in [2.05, 4.69) is 6.07 Å². The van der Waals surface area contributed by atoms with Crippen LogP contribution in [0.5, 0.6) is 5.75 Å². The van der Waals surface area contributed by atoms with Crippen molar-refractivity contribution in [1.29, 1.82) is 0 Å². The number of aromatic nitrogens is 1. The number of hydrogen-bond donors (Lipinski definition) is 0. The average Bonchev–Trinajstić information content (AvgIpc) is 3.55. The predicted octanol–water partition coefficient (Wildman–Crippen LogP) is 3.92. The third-order valence-electron chi connectivity index (χ3n) is 6.11. The molecule has 1 aromatic heterocycles. The first-order chi connectivity index (χ1) is 15.3. The highest BCUT2D eigenvalue weighted by Crippen LogP contribution is 2.35. The number of rotatable bonds is 6. The standard InChI is InChI=1S/C25H26N2O4S/c1-17-4-3-5-20(12-17)19-6-10-24(11-7-19)32(29,30)26-15-23(16-26)31-22-13-18(2)27(21-8-9-21)25(28)14-22/h3-7,10-14,21,23H,8-9,15-16H2,1-2H3. The van der Waals surface area contributed by atoms with Crippen molar-refractivity contribution < 1.29 is 13.2 Å². The topological polar surface area (TPSA) is 68.6 Å². The number of nitrogens with zero attached hydrogens (tertiary/aromatic N) is 2. The summed E-state index contributed by atoms with van der Waals surface area (Å²) in [5.41, 5.74) is 4.03. The van der Waals surface area contributed by atoms with E-state index in [0.29, 0.717) is 11.8 Å². The lowest BCUT2D eigenvalue weighted by Gasteiger charge is -2.37. The molecule has 1 aliphatic heterocycles. The monoisotopic (exact) mass is 450 g/mol. The molecule has 5 rings (SSSR count). The molecule has 0 atom stereocenters. The summed E-state index contributed by atoms with van der Waals surface area (Å²) in [6.07, 6.45) is 1.83. The Hall–Kier alpha value is -2.90. The molecule has 2 aromatic carbocycles. The summed E-state index contributed by atoms with van der Waals surface area (Å²) in [7, 11) is -3.57. The van der Waals surface area contributed by atoms with Crippen LogP contribution in [0.25, 0.3) is 11.1 Å². The van der Waals surface area contributed by atoms with E-state index in [4.69, 9.17) is 4.74 Å². The van der Waals surface area contributed by atoms with Crippen molar-refractivity contribution in [1.82, 2.24) is 8.87 Å². The second-order valence-corrected chi connectivity index (χ2v) is 10.7. The molecule has 1 saturated heterocycles. The Labute approximate surface area is 188 Å². The van der Waals surface area contributed by atoms with Crippen molar-refractivity contribution >= 4 is 10.0 Å². The van der Waals surface area contributed by atoms with Gasteiger partial charge in [0.25, 0.3) is 5.56 Å². The average molecular weight is 451 g/mol. The molecular weight excluding hydrogens is 424 g/mol. The summed E-state index contributed by atoms with van der Waals surface area (Å²) in [5.74, 6) is 0.508. The molecule has 2 fully saturated rings. The fraction of sp³-hybridized carbons (Fsp3) is 0.320. The zero-order valence-electron chi connectivity index (χ0n) is 18.2. The smallest absolute Gasteiger partial charge is 0.254 e. The first-order valence-electron chi connectivity index (χ1n) is 10.9. The van der Waals surface area contributed by atoms with E-state index in [1.165, 1.54) is 10.4 Å². The maximum absolute atomic E-state index is 13.0. The highest BCUT2D eigenvalue weighted by atomic mass is 32.2. The number of benzene rings is 2. The van der Waals surface area contributed by atoms with E-state index in [-0.39, 0.29) is 29.6 Å². The van der Waals surface area contributed by atoms with Crippen LogP contribution in [0.2, 0.25) is 0 Å². The number of sulfonamides is 1. The molecular formula is C25H26N2O4S. The number of hydrogen-bond acceptors (Lipinski definition) is 4. The molecule has 32 heavy (non-hydrogen) atoms. The van der Waals surface area contributed by atoms with Crippen LogP contribution in [0.4, 0.5) is 0 Å². The van der Waals surface area contributed by atoms with Gasteiger partial charge in [-0.3, -0.25) is 4.79 Å². The van der Waals surface area contributed by atoms with Crippen molar-refractivity contribution in [3.63, 3.8) is 0 Å². The summed E-state index contributed by atoms with van der Waals surface area (Å²) in [5, 5.41) is 0. The summed E-state index contributed by atoms with van der Waals surface area (Å²) in [6, 6.07) is 18.8. The Morgan fingerprint density at radius 2 is 1.62 bits per heavy atom. The summed E-state index contributed by atoms with van der Waals surface area (Å²) >= 11 is 0. The van der Waals surface area contributed by atoms with Crippen molar-refractivity contribution in [3.05, 3.63) is 82.3 Å². The normalized spacial score (nSPS) is 17.2. The van der Waals surface area contributed by atoms with E-state index in [1.807, 2.05) is 54.8 Å². The summed E-state index contributed by atoms with van der Waals surface area (Å²) in [4.78, 5) is 12.6. The van der Waals surface area contributed by atoms with Gasteiger partial charge in [0.15, 0.2) is 0 Å². The van der Waals surface area contributed by atoms with Crippen molar-refractivity contribution in [2.24, 2.45) is 0 Å². The first kappa shape index (κ1) is 21.0. The Bertz CT molecular complexity index is 1320. The maximum atomic E-state index is 13.0. The minimum atomic E-state index is -3.57. The lowest BCUT2D eigenvalue weighted by atomic mass is 10.0. The van der Waals surface area contributed by atoms with Gasteiger partial charge in [0.2, 0.25) is 10.0 Å². The van der Waals surface area contributed by atoms with Gasteiger partial charge in [-0.15, -0.1) is 0 Å². The first-order valence-corrected chi connectivity index (χ1v) is 12.3. The Morgan fingerprint density at radius 3 is 2.25 bits per heavy atom. The second kappa shape index (κ2) is 7.90. The summed E-state index contributed by atoms with van der Waals surface area (Å²) in [6.45, 7) is 4.48. The van der Waals surface area contributed by atoms with Crippen molar-refractivity contribution in [2.45, 2.75) is 43.7 Å². The molecule has 0 radical (unpaired) electrons. The van der Waals surface area contributed by atoms with Gasteiger partial charge >= 0.3 is 0 Å². The third kappa shape index (κ3) is 3.98. The van der Waals surface area contributed by atoms with Crippen LogP contribution in [-0.4, -0.2) is 36.5 Å². The molecule has 3 aromatic rings. The Kier molecular flexibility index (Phi) is 5.18. The quantitative estimate of drug-likeness (QED) is 0.571. The van der Waals surface area contributed by atoms with Crippen LogP contribution in [0, 0.1) is 13.8 Å². The van der Waals surface area contributed by atoms with E-state index in [0.717, 1.165) is 35.2 Å². The highest BCUT2D eigenvalue weighted by Gasteiger charge is 2.38. The fourth-order valence-electron chi connectivity index (χ4n) is 4.21. The van der Waals surface area contributed by atoms with Crippen LogP contribution in [0.1, 0.15) is 30.1 Å². The molecule has 0 bridgehead atoms. The van der Waals surface area contributed by atoms with Crippen LogP contribution >= 0.6 is 0 Å². The predicted molar refractivity (Wildman–Crippen MR) is 123 cm³/mol. The van der Waals surface area contributed by atoms with Gasteiger partial charge in [-0.25, -0.2) is 8.42 Å². The summed E-state index contributed by atoms with van der Waals surface area (Å²) < 4.78 is 35.1. The molecule has 0 spiro atoms. The van der Waals surface area contributed by atoms with E-state index in [9.17, 15) is 13.2 Å². The van der Waals surface area contributed by atoms with Gasteiger partial charge < -0.3 is 9.30 Å². The zero-order chi connectivity index (χ0) is 22.5. The third-order valence-corrected chi connectivity index (χ3v) is 7.95. The van der Waals surface area contributed by atoms with Crippen molar-refractivity contribution in [2.75, 3.05) is 13.1 Å². The number of ether oxygens (including phenoxy) is 1. The second-order valence-electron chi connectivity index (χ2n) is 8.73.